The highest BCUT2D eigenvalue weighted by atomic mass is 32.2. The smallest absolute Gasteiger partial charge is 0.261 e. The summed E-state index contributed by atoms with van der Waals surface area (Å²) < 4.78 is 41.1. The third-order valence-electron chi connectivity index (χ3n) is 3.64. The van der Waals surface area contributed by atoms with E-state index in [4.69, 9.17) is 0 Å². The van der Waals surface area contributed by atoms with Crippen LogP contribution in [0.4, 0.5) is 15.8 Å². The quantitative estimate of drug-likeness (QED) is 0.906. The molecule has 2 aromatic carbocycles. The highest BCUT2D eigenvalue weighted by Gasteiger charge is 2.21. The van der Waals surface area contributed by atoms with Gasteiger partial charge in [0.25, 0.3) is 10.0 Å². The maximum atomic E-state index is 14.1. The molecule has 1 aliphatic rings. The standard InChI is InChI=1S/C16H15FN2O3S/c1-10-2-5-13(6-3-10)23(21,22)19-12-8-11-4-7-15(20)18-16(11)14(17)9-12/h2-3,5-6,8-9,19H,4,7H2,1H3,(H,18,20). The van der Waals surface area contributed by atoms with E-state index in [-0.39, 0.29) is 28.6 Å². The lowest BCUT2D eigenvalue weighted by molar-refractivity contribution is -0.116. The van der Waals surface area contributed by atoms with Gasteiger partial charge in [-0.3, -0.25) is 9.52 Å². The summed E-state index contributed by atoms with van der Waals surface area (Å²) in [5.74, 6) is -0.901. The van der Waals surface area contributed by atoms with Gasteiger partial charge in [-0.25, -0.2) is 12.8 Å². The molecule has 0 atom stereocenters. The number of hydrogen-bond acceptors (Lipinski definition) is 3. The van der Waals surface area contributed by atoms with Crippen molar-refractivity contribution >= 4 is 27.3 Å². The molecule has 0 fully saturated rings. The van der Waals surface area contributed by atoms with Crippen molar-refractivity contribution in [1.82, 2.24) is 0 Å². The largest absolute Gasteiger partial charge is 0.323 e. The summed E-state index contributed by atoms with van der Waals surface area (Å²) in [5.41, 5.74) is 1.78. The van der Waals surface area contributed by atoms with E-state index in [1.54, 1.807) is 18.2 Å². The van der Waals surface area contributed by atoms with Crippen LogP contribution in [0, 0.1) is 12.7 Å². The van der Waals surface area contributed by atoms with Crippen LogP contribution in [0.3, 0.4) is 0 Å². The molecule has 0 aromatic heterocycles. The van der Waals surface area contributed by atoms with Crippen LogP contribution in [0.5, 0.6) is 0 Å². The molecule has 2 N–H and O–H groups in total. The predicted octanol–water partition coefficient (Wildman–Crippen LogP) is 2.82. The minimum Gasteiger partial charge on any atom is -0.323 e. The first-order valence-electron chi connectivity index (χ1n) is 7.07. The summed E-state index contributed by atoms with van der Waals surface area (Å²) in [4.78, 5) is 11.4. The van der Waals surface area contributed by atoms with Crippen molar-refractivity contribution in [3.05, 3.63) is 53.3 Å². The van der Waals surface area contributed by atoms with Gasteiger partial charge in [0.15, 0.2) is 0 Å². The van der Waals surface area contributed by atoms with Gasteiger partial charge < -0.3 is 5.32 Å². The van der Waals surface area contributed by atoms with Crippen molar-refractivity contribution in [3.63, 3.8) is 0 Å². The maximum absolute atomic E-state index is 14.1. The number of aryl methyl sites for hydroxylation is 2. The minimum absolute atomic E-state index is 0.106. The van der Waals surface area contributed by atoms with Crippen molar-refractivity contribution in [1.29, 1.82) is 0 Å². The van der Waals surface area contributed by atoms with Crippen LogP contribution >= 0.6 is 0 Å². The van der Waals surface area contributed by atoms with Crippen LogP contribution in [0.25, 0.3) is 0 Å². The maximum Gasteiger partial charge on any atom is 0.261 e. The molecule has 23 heavy (non-hydrogen) atoms. The molecule has 3 rings (SSSR count). The zero-order valence-electron chi connectivity index (χ0n) is 12.4. The van der Waals surface area contributed by atoms with Crippen LogP contribution < -0.4 is 10.0 Å². The lowest BCUT2D eigenvalue weighted by atomic mass is 10.0. The SMILES string of the molecule is Cc1ccc(S(=O)(=O)Nc2cc(F)c3c(c2)CCC(=O)N3)cc1. The Labute approximate surface area is 133 Å². The molecule has 0 aliphatic carbocycles. The van der Waals surface area contributed by atoms with E-state index in [0.29, 0.717) is 12.0 Å². The Balaban J connectivity index is 1.92. The van der Waals surface area contributed by atoms with E-state index in [2.05, 4.69) is 10.0 Å². The van der Waals surface area contributed by atoms with E-state index < -0.39 is 15.8 Å². The van der Waals surface area contributed by atoms with Crippen molar-refractivity contribution in [2.24, 2.45) is 0 Å². The predicted molar refractivity (Wildman–Crippen MR) is 85.3 cm³/mol. The Hall–Kier alpha value is -2.41. The zero-order chi connectivity index (χ0) is 16.6. The summed E-state index contributed by atoms with van der Waals surface area (Å²) in [6.45, 7) is 1.86. The van der Waals surface area contributed by atoms with Gasteiger partial charge in [-0.05, 0) is 37.1 Å². The van der Waals surface area contributed by atoms with Crippen LogP contribution in [0.1, 0.15) is 17.5 Å². The second-order valence-electron chi connectivity index (χ2n) is 5.46. The lowest BCUT2D eigenvalue weighted by Gasteiger charge is -2.19. The number of sulfonamides is 1. The Morgan fingerprint density at radius 3 is 2.52 bits per heavy atom. The Morgan fingerprint density at radius 1 is 1.13 bits per heavy atom. The Bertz CT molecular complexity index is 877. The third-order valence-corrected chi connectivity index (χ3v) is 5.04. The molecular weight excluding hydrogens is 319 g/mol. The highest BCUT2D eigenvalue weighted by Crippen LogP contribution is 2.30. The van der Waals surface area contributed by atoms with Gasteiger partial charge in [0, 0.05) is 12.5 Å². The summed E-state index contributed by atoms with van der Waals surface area (Å²) in [6, 6.07) is 8.98. The van der Waals surface area contributed by atoms with E-state index in [1.807, 2.05) is 6.92 Å². The number of carbonyl (C=O) groups excluding carboxylic acids is 1. The van der Waals surface area contributed by atoms with Crippen LogP contribution in [-0.2, 0) is 21.2 Å². The second kappa shape index (κ2) is 5.66. The van der Waals surface area contributed by atoms with Crippen molar-refractivity contribution in [2.45, 2.75) is 24.7 Å². The summed E-state index contributed by atoms with van der Waals surface area (Å²) in [7, 11) is -3.79. The fourth-order valence-electron chi connectivity index (χ4n) is 2.44. The van der Waals surface area contributed by atoms with E-state index >= 15 is 0 Å². The van der Waals surface area contributed by atoms with Gasteiger partial charge in [-0.1, -0.05) is 17.7 Å². The topological polar surface area (TPSA) is 75.3 Å². The average Bonchev–Trinajstić information content (AvgIpc) is 2.48. The average molecular weight is 334 g/mol. The fraction of sp³-hybridized carbons (Fsp3) is 0.188. The van der Waals surface area contributed by atoms with Crippen molar-refractivity contribution < 1.29 is 17.6 Å². The Kier molecular flexibility index (Phi) is 3.81. The number of carbonyl (C=O) groups is 1. The molecule has 0 saturated heterocycles. The van der Waals surface area contributed by atoms with E-state index in [1.165, 1.54) is 12.1 Å². The summed E-state index contributed by atoms with van der Waals surface area (Å²) in [6.07, 6.45) is 0.624. The summed E-state index contributed by atoms with van der Waals surface area (Å²) in [5, 5.41) is 2.46. The van der Waals surface area contributed by atoms with E-state index in [9.17, 15) is 17.6 Å². The first kappa shape index (κ1) is 15.5. The number of amides is 1. The van der Waals surface area contributed by atoms with Gasteiger partial charge in [0.05, 0.1) is 16.3 Å². The molecule has 1 amide bonds. The van der Waals surface area contributed by atoms with Gasteiger partial charge in [-0.2, -0.15) is 0 Å². The molecule has 0 unspecified atom stereocenters. The van der Waals surface area contributed by atoms with Gasteiger partial charge in [-0.15, -0.1) is 0 Å². The molecule has 0 radical (unpaired) electrons. The number of halogens is 1. The molecule has 5 nitrogen and oxygen atoms in total. The first-order valence-corrected chi connectivity index (χ1v) is 8.55. The minimum atomic E-state index is -3.79. The number of fused-ring (bicyclic) bond motifs is 1. The molecule has 1 heterocycles. The number of nitrogens with one attached hydrogen (secondary N) is 2. The molecule has 120 valence electrons. The molecule has 0 bridgehead atoms. The first-order chi connectivity index (χ1) is 10.8. The molecule has 0 saturated carbocycles. The molecule has 7 heteroatoms. The molecule has 0 spiro atoms. The summed E-state index contributed by atoms with van der Waals surface area (Å²) >= 11 is 0. The van der Waals surface area contributed by atoms with Crippen LogP contribution in [0.15, 0.2) is 41.3 Å². The van der Waals surface area contributed by atoms with Gasteiger partial charge in [0.2, 0.25) is 5.91 Å². The highest BCUT2D eigenvalue weighted by molar-refractivity contribution is 7.92. The van der Waals surface area contributed by atoms with Crippen LogP contribution in [-0.4, -0.2) is 14.3 Å². The number of benzene rings is 2. The monoisotopic (exact) mass is 334 g/mol. The number of rotatable bonds is 3. The normalized spacial score (nSPS) is 14.1. The molecule has 1 aliphatic heterocycles. The van der Waals surface area contributed by atoms with Crippen LogP contribution in [0.2, 0.25) is 0 Å². The van der Waals surface area contributed by atoms with Crippen molar-refractivity contribution in [2.75, 3.05) is 10.0 Å². The fourth-order valence-corrected chi connectivity index (χ4v) is 3.48. The Morgan fingerprint density at radius 2 is 1.83 bits per heavy atom. The molecular formula is C16H15FN2O3S. The molecule has 2 aromatic rings. The third kappa shape index (κ3) is 3.19. The number of anilines is 2. The van der Waals surface area contributed by atoms with Gasteiger partial charge >= 0.3 is 0 Å². The zero-order valence-corrected chi connectivity index (χ0v) is 13.2. The second-order valence-corrected chi connectivity index (χ2v) is 7.14. The van der Waals surface area contributed by atoms with Crippen molar-refractivity contribution in [3.8, 4) is 0 Å². The lowest BCUT2D eigenvalue weighted by Crippen LogP contribution is -2.21. The van der Waals surface area contributed by atoms with E-state index in [0.717, 1.165) is 11.6 Å². The number of hydrogen-bond donors (Lipinski definition) is 2. The van der Waals surface area contributed by atoms with Gasteiger partial charge in [0.1, 0.15) is 5.82 Å².